The number of carbonyl (C=O) groups excluding carboxylic acids is 2. The van der Waals surface area contributed by atoms with Crippen molar-refractivity contribution in [2.45, 2.75) is 0 Å². The fourth-order valence-corrected chi connectivity index (χ4v) is 3.41. The third kappa shape index (κ3) is 4.02. The van der Waals surface area contributed by atoms with E-state index in [-0.39, 0.29) is 12.3 Å². The SMILES string of the molecule is O=C(COC(=O)c1csc(-c2cccs2)n1)Nc1ccccc1. The summed E-state index contributed by atoms with van der Waals surface area (Å²) in [5.74, 6) is -0.995. The Kier molecular flexibility index (Phi) is 4.80. The number of aromatic nitrogens is 1. The number of para-hydroxylation sites is 1. The van der Waals surface area contributed by atoms with Gasteiger partial charge in [-0.25, -0.2) is 9.78 Å². The van der Waals surface area contributed by atoms with Crippen LogP contribution >= 0.6 is 22.7 Å². The van der Waals surface area contributed by atoms with E-state index in [2.05, 4.69) is 10.3 Å². The van der Waals surface area contributed by atoms with Crippen molar-refractivity contribution >= 4 is 40.2 Å². The fourth-order valence-electron chi connectivity index (χ4n) is 1.80. The summed E-state index contributed by atoms with van der Waals surface area (Å²) in [4.78, 5) is 28.9. The van der Waals surface area contributed by atoms with E-state index in [0.717, 1.165) is 9.88 Å². The van der Waals surface area contributed by atoms with Gasteiger partial charge in [0.15, 0.2) is 12.3 Å². The first kappa shape index (κ1) is 15.4. The molecule has 0 aliphatic carbocycles. The van der Waals surface area contributed by atoms with Gasteiger partial charge in [-0.3, -0.25) is 4.79 Å². The van der Waals surface area contributed by atoms with Crippen LogP contribution in [0.1, 0.15) is 10.5 Å². The standard InChI is InChI=1S/C16H12N2O3S2/c19-14(17-11-5-2-1-3-6-11)9-21-16(20)12-10-23-15(18-12)13-7-4-8-22-13/h1-8,10H,9H2,(H,17,19). The summed E-state index contributed by atoms with van der Waals surface area (Å²) >= 11 is 2.92. The summed E-state index contributed by atoms with van der Waals surface area (Å²) < 4.78 is 4.99. The molecule has 0 bridgehead atoms. The number of rotatable bonds is 5. The number of hydrogen-bond acceptors (Lipinski definition) is 6. The van der Waals surface area contributed by atoms with Crippen LogP contribution in [0.2, 0.25) is 0 Å². The zero-order valence-electron chi connectivity index (χ0n) is 11.9. The van der Waals surface area contributed by atoms with Gasteiger partial charge in [0.1, 0.15) is 5.01 Å². The quantitative estimate of drug-likeness (QED) is 0.717. The summed E-state index contributed by atoms with van der Waals surface area (Å²) in [6.45, 7) is -0.348. The van der Waals surface area contributed by atoms with Crippen LogP contribution in [0.25, 0.3) is 9.88 Å². The molecule has 0 fully saturated rings. The van der Waals surface area contributed by atoms with Crippen LogP contribution in [0, 0.1) is 0 Å². The topological polar surface area (TPSA) is 68.3 Å². The lowest BCUT2D eigenvalue weighted by molar-refractivity contribution is -0.119. The van der Waals surface area contributed by atoms with Crippen molar-refractivity contribution in [1.82, 2.24) is 4.98 Å². The lowest BCUT2D eigenvalue weighted by atomic mass is 10.3. The molecule has 7 heteroatoms. The second-order valence-electron chi connectivity index (χ2n) is 4.51. The highest BCUT2D eigenvalue weighted by Gasteiger charge is 2.15. The Bertz CT molecular complexity index is 798. The van der Waals surface area contributed by atoms with Crippen molar-refractivity contribution in [3.63, 3.8) is 0 Å². The molecule has 0 aliphatic rings. The molecule has 0 saturated carbocycles. The maximum atomic E-state index is 11.9. The summed E-state index contributed by atoms with van der Waals surface area (Å²) in [6.07, 6.45) is 0. The second-order valence-corrected chi connectivity index (χ2v) is 6.31. The largest absolute Gasteiger partial charge is 0.451 e. The summed E-state index contributed by atoms with van der Waals surface area (Å²) in [7, 11) is 0. The predicted octanol–water partition coefficient (Wildman–Crippen LogP) is 3.67. The second kappa shape index (κ2) is 7.17. The molecule has 0 spiro atoms. The van der Waals surface area contributed by atoms with Crippen LogP contribution in [0.15, 0.2) is 53.2 Å². The van der Waals surface area contributed by atoms with Crippen LogP contribution in [0.5, 0.6) is 0 Å². The minimum absolute atomic E-state index is 0.214. The van der Waals surface area contributed by atoms with E-state index in [1.54, 1.807) is 28.8 Å². The third-order valence-corrected chi connectivity index (χ3v) is 4.72. The van der Waals surface area contributed by atoms with Crippen LogP contribution in [0.4, 0.5) is 5.69 Å². The Hall–Kier alpha value is -2.51. The molecule has 5 nitrogen and oxygen atoms in total. The number of ether oxygens (including phenoxy) is 1. The maximum Gasteiger partial charge on any atom is 0.358 e. The Morgan fingerprint density at radius 3 is 2.65 bits per heavy atom. The van der Waals surface area contributed by atoms with E-state index < -0.39 is 11.9 Å². The first-order chi connectivity index (χ1) is 11.2. The van der Waals surface area contributed by atoms with Gasteiger partial charge in [0, 0.05) is 11.1 Å². The monoisotopic (exact) mass is 344 g/mol. The molecule has 1 N–H and O–H groups in total. The maximum absolute atomic E-state index is 11.9. The zero-order valence-corrected chi connectivity index (χ0v) is 13.5. The summed E-state index contributed by atoms with van der Waals surface area (Å²) in [5.41, 5.74) is 0.869. The van der Waals surface area contributed by atoms with Crippen molar-refractivity contribution in [2.24, 2.45) is 0 Å². The molecule has 3 aromatic rings. The van der Waals surface area contributed by atoms with Crippen LogP contribution in [0.3, 0.4) is 0 Å². The van der Waals surface area contributed by atoms with Gasteiger partial charge in [-0.1, -0.05) is 24.3 Å². The molecule has 2 heterocycles. The van der Waals surface area contributed by atoms with Crippen molar-refractivity contribution in [1.29, 1.82) is 0 Å². The van der Waals surface area contributed by atoms with Gasteiger partial charge in [0.25, 0.3) is 5.91 Å². The highest BCUT2D eigenvalue weighted by molar-refractivity contribution is 7.20. The molecule has 0 radical (unpaired) electrons. The Balaban J connectivity index is 1.54. The van der Waals surface area contributed by atoms with Gasteiger partial charge in [-0.05, 0) is 23.6 Å². The van der Waals surface area contributed by atoms with E-state index in [9.17, 15) is 9.59 Å². The number of anilines is 1. The molecule has 116 valence electrons. The number of esters is 1. The molecule has 0 atom stereocenters. The first-order valence-corrected chi connectivity index (χ1v) is 8.50. The Morgan fingerprint density at radius 2 is 1.91 bits per heavy atom. The molecule has 0 unspecified atom stereocenters. The van der Waals surface area contributed by atoms with Crippen molar-refractivity contribution in [3.05, 3.63) is 58.9 Å². The molecule has 0 aliphatic heterocycles. The minimum atomic E-state index is -0.604. The summed E-state index contributed by atoms with van der Waals surface area (Å²) in [6, 6.07) is 12.8. The van der Waals surface area contributed by atoms with Crippen molar-refractivity contribution < 1.29 is 14.3 Å². The molecule has 1 amide bonds. The van der Waals surface area contributed by atoms with Gasteiger partial charge in [0.05, 0.1) is 4.88 Å². The van der Waals surface area contributed by atoms with Crippen molar-refractivity contribution in [3.8, 4) is 9.88 Å². The molecule has 1 aromatic carbocycles. The van der Waals surface area contributed by atoms with Crippen LogP contribution in [-0.4, -0.2) is 23.5 Å². The van der Waals surface area contributed by atoms with Gasteiger partial charge in [-0.2, -0.15) is 0 Å². The Morgan fingerprint density at radius 1 is 1.09 bits per heavy atom. The smallest absolute Gasteiger partial charge is 0.358 e. The van der Waals surface area contributed by atoms with Gasteiger partial charge in [0.2, 0.25) is 0 Å². The lowest BCUT2D eigenvalue weighted by Gasteiger charge is -2.05. The van der Waals surface area contributed by atoms with E-state index in [1.165, 1.54) is 11.3 Å². The average molecular weight is 344 g/mol. The zero-order chi connectivity index (χ0) is 16.1. The number of thiazole rings is 1. The fraction of sp³-hybridized carbons (Fsp3) is 0.0625. The normalized spacial score (nSPS) is 10.3. The Labute approximate surface area is 140 Å². The van der Waals surface area contributed by atoms with Gasteiger partial charge >= 0.3 is 5.97 Å². The van der Waals surface area contributed by atoms with Gasteiger partial charge < -0.3 is 10.1 Å². The average Bonchev–Trinajstić information content (AvgIpc) is 3.24. The number of benzene rings is 1. The highest BCUT2D eigenvalue weighted by Crippen LogP contribution is 2.27. The number of thiophene rings is 1. The lowest BCUT2D eigenvalue weighted by Crippen LogP contribution is -2.21. The summed E-state index contributed by atoms with van der Waals surface area (Å²) in [5, 5.41) is 6.99. The van der Waals surface area contributed by atoms with E-state index in [0.29, 0.717) is 5.69 Å². The van der Waals surface area contributed by atoms with Crippen molar-refractivity contribution in [2.75, 3.05) is 11.9 Å². The van der Waals surface area contributed by atoms with E-state index in [1.807, 2.05) is 35.7 Å². The molecular formula is C16H12N2O3S2. The molecule has 3 rings (SSSR count). The van der Waals surface area contributed by atoms with E-state index >= 15 is 0 Å². The number of nitrogens with one attached hydrogen (secondary N) is 1. The van der Waals surface area contributed by atoms with E-state index in [4.69, 9.17) is 4.74 Å². The highest BCUT2D eigenvalue weighted by atomic mass is 32.1. The molecule has 0 saturated heterocycles. The number of hydrogen-bond donors (Lipinski definition) is 1. The number of amides is 1. The molecular weight excluding hydrogens is 332 g/mol. The van der Waals surface area contributed by atoms with Crippen LogP contribution < -0.4 is 5.32 Å². The molecule has 23 heavy (non-hydrogen) atoms. The first-order valence-electron chi connectivity index (χ1n) is 6.74. The third-order valence-electron chi connectivity index (χ3n) is 2.84. The predicted molar refractivity (Wildman–Crippen MR) is 90.8 cm³/mol. The van der Waals surface area contributed by atoms with Gasteiger partial charge in [-0.15, -0.1) is 22.7 Å². The van der Waals surface area contributed by atoms with Crippen LogP contribution in [-0.2, 0) is 9.53 Å². The number of nitrogens with zero attached hydrogens (tertiary/aromatic N) is 1. The minimum Gasteiger partial charge on any atom is -0.451 e. The molecule has 2 aromatic heterocycles. The number of carbonyl (C=O) groups is 2.